The molecule has 2 fully saturated rings. The summed E-state index contributed by atoms with van der Waals surface area (Å²) in [6, 6.07) is 0. The number of Topliss-reactive ketones (excluding diaryl/α,β-unsaturated/α-hetero) is 2. The zero-order valence-corrected chi connectivity index (χ0v) is 6.91. The van der Waals surface area contributed by atoms with E-state index in [0.29, 0.717) is 6.61 Å². The maximum absolute atomic E-state index is 11.6. The Hall–Kier alpha value is -1.00. The summed E-state index contributed by atoms with van der Waals surface area (Å²) in [5, 5.41) is 0. The minimum Gasteiger partial charge on any atom is -0.373 e. The Morgan fingerprint density at radius 3 is 3.15 bits per heavy atom. The molecule has 3 aliphatic heterocycles. The normalized spacial score (nSPS) is 42.2. The van der Waals surface area contributed by atoms with Gasteiger partial charge in [0.15, 0.2) is 17.2 Å². The summed E-state index contributed by atoms with van der Waals surface area (Å²) in [5.74, 6) is -0.271. The SMILES string of the molecule is O=C1CC(=O)[C@@]23COCC2=C[C@@H]1O3. The van der Waals surface area contributed by atoms with Crippen LogP contribution in [-0.4, -0.2) is 36.5 Å². The van der Waals surface area contributed by atoms with Crippen LogP contribution in [0.1, 0.15) is 6.42 Å². The maximum atomic E-state index is 11.6. The molecule has 3 aliphatic rings. The molecule has 0 unspecified atom stereocenters. The van der Waals surface area contributed by atoms with Gasteiger partial charge in [0.25, 0.3) is 0 Å². The lowest BCUT2D eigenvalue weighted by Gasteiger charge is -2.28. The van der Waals surface area contributed by atoms with Crippen molar-refractivity contribution in [2.45, 2.75) is 18.1 Å². The lowest BCUT2D eigenvalue weighted by Crippen LogP contribution is -2.49. The van der Waals surface area contributed by atoms with Crippen molar-refractivity contribution in [3.8, 4) is 0 Å². The molecule has 0 aromatic carbocycles. The number of carbonyl (C=O) groups excluding carboxylic acids is 2. The third-order valence-corrected chi connectivity index (χ3v) is 2.86. The van der Waals surface area contributed by atoms with Crippen LogP contribution in [0.5, 0.6) is 0 Å². The molecule has 2 bridgehead atoms. The Bertz CT molecular complexity index is 344. The highest BCUT2D eigenvalue weighted by Gasteiger charge is 2.57. The van der Waals surface area contributed by atoms with Crippen LogP contribution in [0.15, 0.2) is 11.6 Å². The van der Waals surface area contributed by atoms with Crippen LogP contribution in [0.2, 0.25) is 0 Å². The summed E-state index contributed by atoms with van der Waals surface area (Å²) in [7, 11) is 0. The largest absolute Gasteiger partial charge is 0.373 e. The van der Waals surface area contributed by atoms with Crippen molar-refractivity contribution in [3.05, 3.63) is 11.6 Å². The fourth-order valence-corrected chi connectivity index (χ4v) is 2.13. The van der Waals surface area contributed by atoms with E-state index in [9.17, 15) is 9.59 Å². The van der Waals surface area contributed by atoms with E-state index in [0.717, 1.165) is 5.57 Å². The number of ether oxygens (including phenoxy) is 2. The van der Waals surface area contributed by atoms with Gasteiger partial charge in [0.05, 0.1) is 19.6 Å². The van der Waals surface area contributed by atoms with Gasteiger partial charge in [-0.25, -0.2) is 0 Å². The van der Waals surface area contributed by atoms with Crippen LogP contribution in [0.4, 0.5) is 0 Å². The molecule has 0 aliphatic carbocycles. The van der Waals surface area contributed by atoms with Crippen molar-refractivity contribution >= 4 is 11.6 Å². The molecule has 2 saturated heterocycles. The van der Waals surface area contributed by atoms with Gasteiger partial charge in [-0.2, -0.15) is 0 Å². The van der Waals surface area contributed by atoms with Crippen molar-refractivity contribution in [2.75, 3.05) is 13.2 Å². The van der Waals surface area contributed by atoms with Gasteiger partial charge in [0.1, 0.15) is 6.10 Å². The topological polar surface area (TPSA) is 52.6 Å². The molecule has 1 spiro atoms. The number of rotatable bonds is 0. The van der Waals surface area contributed by atoms with Crippen LogP contribution >= 0.6 is 0 Å². The standard InChI is InChI=1S/C9H8O4/c10-6-2-8(11)9-4-12-3-5(9)1-7(6)13-9/h1,7H,2-4H2/t7-,9+/m0/s1. The summed E-state index contributed by atoms with van der Waals surface area (Å²) >= 11 is 0. The average molecular weight is 180 g/mol. The van der Waals surface area contributed by atoms with Crippen molar-refractivity contribution in [1.82, 2.24) is 0 Å². The highest BCUT2D eigenvalue weighted by molar-refractivity contribution is 6.11. The zero-order chi connectivity index (χ0) is 9.05. The van der Waals surface area contributed by atoms with Crippen molar-refractivity contribution in [1.29, 1.82) is 0 Å². The minimum absolute atomic E-state index is 0.00593. The number of carbonyl (C=O) groups is 2. The number of fused-ring (bicyclic) bond motifs is 1. The van der Waals surface area contributed by atoms with Crippen LogP contribution in [0.3, 0.4) is 0 Å². The van der Waals surface area contributed by atoms with Crippen molar-refractivity contribution in [3.63, 3.8) is 0 Å². The molecular weight excluding hydrogens is 172 g/mol. The quantitative estimate of drug-likeness (QED) is 0.377. The molecule has 0 amide bonds. The predicted octanol–water partition coefficient (Wildman–Crippen LogP) is -0.378. The maximum Gasteiger partial charge on any atom is 0.178 e. The van der Waals surface area contributed by atoms with Gasteiger partial charge in [0.2, 0.25) is 0 Å². The van der Waals surface area contributed by atoms with Gasteiger partial charge in [-0.15, -0.1) is 0 Å². The molecule has 4 nitrogen and oxygen atoms in total. The van der Waals surface area contributed by atoms with Gasteiger partial charge < -0.3 is 9.47 Å². The summed E-state index contributed by atoms with van der Waals surface area (Å²) in [6.45, 7) is 0.705. The lowest BCUT2D eigenvalue weighted by molar-refractivity contribution is -0.159. The molecule has 68 valence electrons. The van der Waals surface area contributed by atoms with Crippen LogP contribution in [0, 0.1) is 0 Å². The predicted molar refractivity (Wildman–Crippen MR) is 41.1 cm³/mol. The van der Waals surface area contributed by atoms with Gasteiger partial charge >= 0.3 is 0 Å². The Kier molecular flexibility index (Phi) is 1.18. The Balaban J connectivity index is 2.13. The van der Waals surface area contributed by atoms with Gasteiger partial charge in [-0.05, 0) is 11.6 Å². The van der Waals surface area contributed by atoms with Gasteiger partial charge in [-0.3, -0.25) is 9.59 Å². The first kappa shape index (κ1) is 7.41. The molecule has 0 radical (unpaired) electrons. The first-order valence-electron chi connectivity index (χ1n) is 4.25. The summed E-state index contributed by atoms with van der Waals surface area (Å²) < 4.78 is 10.6. The fraction of sp³-hybridized carbons (Fsp3) is 0.556. The minimum atomic E-state index is -0.876. The molecule has 3 rings (SSSR count). The average Bonchev–Trinajstić information content (AvgIpc) is 2.54. The highest BCUT2D eigenvalue weighted by atomic mass is 16.6. The smallest absolute Gasteiger partial charge is 0.178 e. The number of hydrogen-bond acceptors (Lipinski definition) is 4. The van der Waals surface area contributed by atoms with Gasteiger partial charge in [-0.1, -0.05) is 0 Å². The lowest BCUT2D eigenvalue weighted by atomic mass is 9.91. The van der Waals surface area contributed by atoms with Crippen LogP contribution in [0.25, 0.3) is 0 Å². The van der Waals surface area contributed by atoms with Gasteiger partial charge in [0, 0.05) is 0 Å². The summed E-state index contributed by atoms with van der Waals surface area (Å²) in [5.41, 5.74) is -0.0353. The monoisotopic (exact) mass is 180 g/mol. The van der Waals surface area contributed by atoms with E-state index in [2.05, 4.69) is 0 Å². The second kappa shape index (κ2) is 2.08. The van der Waals surface area contributed by atoms with E-state index in [1.54, 1.807) is 6.08 Å². The number of ketones is 2. The van der Waals surface area contributed by atoms with E-state index in [1.165, 1.54) is 0 Å². The molecule has 0 saturated carbocycles. The molecule has 13 heavy (non-hydrogen) atoms. The van der Waals surface area contributed by atoms with E-state index < -0.39 is 11.7 Å². The second-order valence-electron chi connectivity index (χ2n) is 3.62. The van der Waals surface area contributed by atoms with Crippen molar-refractivity contribution < 1.29 is 19.1 Å². The third-order valence-electron chi connectivity index (χ3n) is 2.86. The zero-order valence-electron chi connectivity index (χ0n) is 6.91. The Morgan fingerprint density at radius 1 is 1.46 bits per heavy atom. The first-order valence-corrected chi connectivity index (χ1v) is 4.25. The van der Waals surface area contributed by atoms with E-state index in [4.69, 9.17) is 9.47 Å². The third kappa shape index (κ3) is 0.727. The molecule has 0 aromatic rings. The van der Waals surface area contributed by atoms with Crippen LogP contribution in [-0.2, 0) is 19.1 Å². The Morgan fingerprint density at radius 2 is 2.31 bits per heavy atom. The van der Waals surface area contributed by atoms with Crippen LogP contribution < -0.4 is 0 Å². The molecule has 4 heteroatoms. The molecule has 0 aromatic heterocycles. The van der Waals surface area contributed by atoms with E-state index in [-0.39, 0.29) is 24.6 Å². The number of hydrogen-bond donors (Lipinski definition) is 0. The van der Waals surface area contributed by atoms with E-state index >= 15 is 0 Å². The summed E-state index contributed by atoms with van der Waals surface area (Å²) in [6.07, 6.45) is 1.24. The van der Waals surface area contributed by atoms with E-state index in [1.807, 2.05) is 0 Å². The fourth-order valence-electron chi connectivity index (χ4n) is 2.13. The Labute approximate surface area is 74.5 Å². The molecule has 2 atom stereocenters. The van der Waals surface area contributed by atoms with Crippen molar-refractivity contribution in [2.24, 2.45) is 0 Å². The highest BCUT2D eigenvalue weighted by Crippen LogP contribution is 2.41. The molecule has 0 N–H and O–H groups in total. The molecule has 3 heterocycles. The molecular formula is C9H8O4. The summed E-state index contributed by atoms with van der Waals surface area (Å²) in [4.78, 5) is 22.9. The first-order chi connectivity index (χ1) is 6.22. The second-order valence-corrected chi connectivity index (χ2v) is 3.62.